The molecular formula is C14H19N3O3S. The molecule has 3 rings (SSSR count). The lowest BCUT2D eigenvalue weighted by atomic mass is 9.99. The molecule has 2 saturated heterocycles. The number of rotatable bonds is 4. The summed E-state index contributed by atoms with van der Waals surface area (Å²) in [6.07, 6.45) is 6.48. The predicted octanol–water partition coefficient (Wildman–Crippen LogP) is 1.22. The zero-order valence-corrected chi connectivity index (χ0v) is 12.6. The van der Waals surface area contributed by atoms with Crippen molar-refractivity contribution in [3.8, 4) is 0 Å². The van der Waals surface area contributed by atoms with Gasteiger partial charge >= 0.3 is 5.97 Å². The number of aromatic nitrogens is 2. The van der Waals surface area contributed by atoms with Gasteiger partial charge in [0.2, 0.25) is 0 Å². The second kappa shape index (κ2) is 6.19. The highest BCUT2D eigenvalue weighted by Crippen LogP contribution is 2.36. The number of carboxylic acid groups (broad SMARTS) is 1. The van der Waals surface area contributed by atoms with Gasteiger partial charge < -0.3 is 9.67 Å². The van der Waals surface area contributed by atoms with Gasteiger partial charge in [0.15, 0.2) is 5.16 Å². The van der Waals surface area contributed by atoms with Crippen LogP contribution < -0.4 is 5.56 Å². The van der Waals surface area contributed by atoms with E-state index in [-0.39, 0.29) is 11.3 Å². The molecule has 3 heterocycles. The van der Waals surface area contributed by atoms with Crippen LogP contribution in [0, 0.1) is 0 Å². The summed E-state index contributed by atoms with van der Waals surface area (Å²) in [5.41, 5.74) is -0.308. The minimum Gasteiger partial charge on any atom is -0.481 e. The van der Waals surface area contributed by atoms with Gasteiger partial charge in [0, 0.05) is 24.8 Å². The molecule has 0 bridgehead atoms. The quantitative estimate of drug-likeness (QED) is 0.666. The van der Waals surface area contributed by atoms with Crippen LogP contribution in [0.25, 0.3) is 0 Å². The summed E-state index contributed by atoms with van der Waals surface area (Å²) in [6, 6.07) is 2.26. The number of thioether (sulfide) groups is 1. The molecule has 2 fully saturated rings. The molecule has 0 saturated carbocycles. The molecule has 21 heavy (non-hydrogen) atoms. The minimum absolute atomic E-state index is 0.0719. The smallest absolute Gasteiger partial charge is 0.313 e. The van der Waals surface area contributed by atoms with Gasteiger partial charge in [-0.1, -0.05) is 18.2 Å². The van der Waals surface area contributed by atoms with E-state index in [1.54, 1.807) is 6.20 Å². The number of carboxylic acids is 1. The molecule has 7 heteroatoms. The van der Waals surface area contributed by atoms with Crippen molar-refractivity contribution in [3.05, 3.63) is 22.6 Å². The Hall–Kier alpha value is -1.34. The molecule has 2 aliphatic rings. The molecule has 2 atom stereocenters. The van der Waals surface area contributed by atoms with Crippen LogP contribution in [0.5, 0.6) is 0 Å². The zero-order chi connectivity index (χ0) is 14.8. The van der Waals surface area contributed by atoms with Gasteiger partial charge in [0.25, 0.3) is 5.56 Å². The fourth-order valence-electron chi connectivity index (χ4n) is 3.43. The molecule has 1 aromatic heterocycles. The number of hydrogen-bond acceptors (Lipinski definition) is 5. The fourth-order valence-corrected chi connectivity index (χ4v) is 4.18. The van der Waals surface area contributed by atoms with E-state index in [2.05, 4.69) is 9.88 Å². The lowest BCUT2D eigenvalue weighted by molar-refractivity contribution is -0.133. The Morgan fingerprint density at radius 1 is 1.33 bits per heavy atom. The molecule has 6 nitrogen and oxygen atoms in total. The lowest BCUT2D eigenvalue weighted by Crippen LogP contribution is -2.38. The largest absolute Gasteiger partial charge is 0.481 e. The average Bonchev–Trinajstić information content (AvgIpc) is 2.89. The number of nitrogens with zero attached hydrogens (tertiary/aromatic N) is 3. The fraction of sp³-hybridized carbons (Fsp3) is 0.643. The van der Waals surface area contributed by atoms with E-state index in [1.807, 2.05) is 4.57 Å². The summed E-state index contributed by atoms with van der Waals surface area (Å²) in [6.45, 7) is 2.22. The van der Waals surface area contributed by atoms with Gasteiger partial charge in [0.05, 0.1) is 11.8 Å². The molecule has 1 aromatic rings. The van der Waals surface area contributed by atoms with Crippen LogP contribution in [0.15, 0.2) is 22.2 Å². The monoisotopic (exact) mass is 309 g/mol. The molecule has 0 aromatic carbocycles. The molecular weight excluding hydrogens is 290 g/mol. The molecule has 2 unspecified atom stereocenters. The minimum atomic E-state index is -0.893. The Kier molecular flexibility index (Phi) is 4.30. The van der Waals surface area contributed by atoms with E-state index < -0.39 is 5.97 Å². The third-order valence-electron chi connectivity index (χ3n) is 4.31. The van der Waals surface area contributed by atoms with E-state index >= 15 is 0 Å². The third-order valence-corrected chi connectivity index (χ3v) is 5.26. The maximum Gasteiger partial charge on any atom is 0.313 e. The first-order valence-electron chi connectivity index (χ1n) is 7.33. The Morgan fingerprint density at radius 3 is 3.00 bits per heavy atom. The van der Waals surface area contributed by atoms with Crippen molar-refractivity contribution in [3.63, 3.8) is 0 Å². The molecule has 0 aliphatic carbocycles. The summed E-state index contributed by atoms with van der Waals surface area (Å²) in [7, 11) is 0. The van der Waals surface area contributed by atoms with Crippen molar-refractivity contribution < 1.29 is 9.90 Å². The summed E-state index contributed by atoms with van der Waals surface area (Å²) >= 11 is 1.13. The van der Waals surface area contributed by atoms with E-state index in [0.29, 0.717) is 17.2 Å². The number of fused-ring (bicyclic) bond motifs is 1. The van der Waals surface area contributed by atoms with E-state index in [0.717, 1.165) is 31.3 Å². The van der Waals surface area contributed by atoms with Crippen molar-refractivity contribution in [2.75, 3.05) is 18.8 Å². The second-order valence-electron chi connectivity index (χ2n) is 5.59. The van der Waals surface area contributed by atoms with Crippen LogP contribution in [0.1, 0.15) is 31.7 Å². The lowest BCUT2D eigenvalue weighted by Gasteiger charge is -2.33. The Morgan fingerprint density at radius 2 is 2.19 bits per heavy atom. The van der Waals surface area contributed by atoms with E-state index in [4.69, 9.17) is 5.11 Å². The highest BCUT2D eigenvalue weighted by molar-refractivity contribution is 7.99. The van der Waals surface area contributed by atoms with Crippen molar-refractivity contribution in [1.82, 2.24) is 14.5 Å². The standard InChI is InChI=1S/C14H19N3O3S/c18-12-5-8-17(14(15-12)21-9-13(19)20)11-4-7-16-6-2-1-3-10(11)16/h5,8,10-11H,1-4,6-7,9H2,(H,19,20). The normalized spacial score (nSPS) is 25.7. The van der Waals surface area contributed by atoms with Gasteiger partial charge in [-0.25, -0.2) is 0 Å². The molecule has 114 valence electrons. The van der Waals surface area contributed by atoms with Crippen molar-refractivity contribution in [2.45, 2.75) is 42.9 Å². The van der Waals surface area contributed by atoms with E-state index in [9.17, 15) is 9.59 Å². The summed E-state index contributed by atoms with van der Waals surface area (Å²) in [5, 5.41) is 9.37. The topological polar surface area (TPSA) is 75.4 Å². The molecule has 2 aliphatic heterocycles. The van der Waals surface area contributed by atoms with Crippen molar-refractivity contribution in [2.24, 2.45) is 0 Å². The van der Waals surface area contributed by atoms with Gasteiger partial charge in [0.1, 0.15) is 0 Å². The first-order chi connectivity index (χ1) is 10.1. The number of aliphatic carboxylic acids is 1. The van der Waals surface area contributed by atoms with Crippen LogP contribution in [0.4, 0.5) is 0 Å². The number of carbonyl (C=O) groups is 1. The van der Waals surface area contributed by atoms with Crippen LogP contribution in [-0.4, -0.2) is 50.4 Å². The van der Waals surface area contributed by atoms with Crippen LogP contribution in [0.2, 0.25) is 0 Å². The molecule has 0 spiro atoms. The van der Waals surface area contributed by atoms with Crippen molar-refractivity contribution in [1.29, 1.82) is 0 Å². The zero-order valence-electron chi connectivity index (χ0n) is 11.8. The van der Waals surface area contributed by atoms with E-state index in [1.165, 1.54) is 25.3 Å². The Balaban J connectivity index is 1.86. The summed E-state index contributed by atoms with van der Waals surface area (Å²) in [5.74, 6) is -0.965. The number of piperidine rings is 1. The van der Waals surface area contributed by atoms with Crippen LogP contribution in [0.3, 0.4) is 0 Å². The van der Waals surface area contributed by atoms with Crippen LogP contribution in [-0.2, 0) is 4.79 Å². The van der Waals surface area contributed by atoms with Gasteiger partial charge in [-0.2, -0.15) is 4.98 Å². The van der Waals surface area contributed by atoms with Crippen molar-refractivity contribution >= 4 is 17.7 Å². The van der Waals surface area contributed by atoms with Crippen LogP contribution >= 0.6 is 11.8 Å². The Labute approximate surface area is 127 Å². The SMILES string of the molecule is O=C(O)CSc1nc(=O)ccn1C1CCN2CCCCC12. The van der Waals surface area contributed by atoms with Gasteiger partial charge in [-0.05, 0) is 25.8 Å². The maximum absolute atomic E-state index is 11.5. The second-order valence-corrected chi connectivity index (χ2v) is 6.54. The average molecular weight is 309 g/mol. The highest BCUT2D eigenvalue weighted by atomic mass is 32.2. The molecule has 0 amide bonds. The number of hydrogen-bond donors (Lipinski definition) is 1. The highest BCUT2D eigenvalue weighted by Gasteiger charge is 2.37. The van der Waals surface area contributed by atoms with Gasteiger partial charge in [-0.15, -0.1) is 0 Å². The Bertz CT molecular complexity index is 589. The maximum atomic E-state index is 11.5. The molecule has 0 radical (unpaired) electrons. The van der Waals surface area contributed by atoms with Gasteiger partial charge in [-0.3, -0.25) is 14.5 Å². The summed E-state index contributed by atoms with van der Waals surface area (Å²) in [4.78, 5) is 28.8. The first kappa shape index (κ1) is 14.6. The predicted molar refractivity (Wildman–Crippen MR) is 79.7 cm³/mol. The molecule has 1 N–H and O–H groups in total. The third kappa shape index (κ3) is 3.13. The first-order valence-corrected chi connectivity index (χ1v) is 8.31. The summed E-state index contributed by atoms with van der Waals surface area (Å²) < 4.78 is 2.02.